The van der Waals surface area contributed by atoms with Crippen molar-refractivity contribution in [3.8, 4) is 5.75 Å². The molecule has 0 saturated heterocycles. The number of methoxy groups -OCH3 is 1. The van der Waals surface area contributed by atoms with Gasteiger partial charge in [-0.25, -0.2) is 13.6 Å². The van der Waals surface area contributed by atoms with Crippen LogP contribution in [0.4, 0.5) is 20.2 Å². The van der Waals surface area contributed by atoms with Gasteiger partial charge in [0.2, 0.25) is 0 Å². The number of carboxylic acids is 1. The second-order valence-electron chi connectivity index (χ2n) is 4.09. The van der Waals surface area contributed by atoms with Crippen molar-refractivity contribution in [1.29, 1.82) is 0 Å². The first-order chi connectivity index (χ1) is 9.92. The summed E-state index contributed by atoms with van der Waals surface area (Å²) in [7, 11) is 1.44. The normalized spacial score (nSPS) is 10.3. The fourth-order valence-corrected chi connectivity index (χ4v) is 1.96. The Kier molecular flexibility index (Phi) is 4.28. The summed E-state index contributed by atoms with van der Waals surface area (Å²) in [5.74, 6) is -3.02. The first-order valence-corrected chi connectivity index (χ1v) is 6.13. The Balaban J connectivity index is 2.35. The first kappa shape index (κ1) is 15.1. The molecule has 0 aliphatic carbocycles. The second kappa shape index (κ2) is 5.97. The van der Waals surface area contributed by atoms with Crippen molar-refractivity contribution in [3.63, 3.8) is 0 Å². The maximum Gasteiger partial charge on any atom is 0.335 e. The van der Waals surface area contributed by atoms with E-state index >= 15 is 0 Å². The molecule has 21 heavy (non-hydrogen) atoms. The van der Waals surface area contributed by atoms with Gasteiger partial charge >= 0.3 is 5.97 Å². The van der Waals surface area contributed by atoms with Crippen LogP contribution in [0.15, 0.2) is 30.3 Å². The van der Waals surface area contributed by atoms with E-state index in [2.05, 4.69) is 5.32 Å². The van der Waals surface area contributed by atoms with Crippen LogP contribution < -0.4 is 10.1 Å². The fourth-order valence-electron chi connectivity index (χ4n) is 1.70. The van der Waals surface area contributed by atoms with Crippen LogP contribution in [0.1, 0.15) is 10.4 Å². The summed E-state index contributed by atoms with van der Waals surface area (Å²) in [5.41, 5.74) is -0.591. The Hall–Kier alpha value is -2.34. The Morgan fingerprint density at radius 1 is 1.24 bits per heavy atom. The number of halogens is 3. The van der Waals surface area contributed by atoms with E-state index in [4.69, 9.17) is 21.4 Å². The predicted molar refractivity (Wildman–Crippen MR) is 74.6 cm³/mol. The van der Waals surface area contributed by atoms with Gasteiger partial charge in [0.25, 0.3) is 0 Å². The summed E-state index contributed by atoms with van der Waals surface area (Å²) in [5, 5.41) is 11.5. The predicted octanol–water partition coefficient (Wildman–Crippen LogP) is 4.07. The summed E-state index contributed by atoms with van der Waals surface area (Å²) >= 11 is 5.91. The third-order valence-electron chi connectivity index (χ3n) is 2.71. The number of hydrogen-bond acceptors (Lipinski definition) is 3. The smallest absolute Gasteiger partial charge is 0.335 e. The van der Waals surface area contributed by atoms with Crippen molar-refractivity contribution < 1.29 is 23.4 Å². The Labute approximate surface area is 123 Å². The molecule has 0 saturated carbocycles. The summed E-state index contributed by atoms with van der Waals surface area (Å²) in [6, 6.07) is 5.96. The van der Waals surface area contributed by atoms with Crippen molar-refractivity contribution in [2.45, 2.75) is 0 Å². The van der Waals surface area contributed by atoms with E-state index in [0.717, 1.165) is 12.1 Å². The van der Waals surface area contributed by atoms with Gasteiger partial charge in [-0.2, -0.15) is 0 Å². The van der Waals surface area contributed by atoms with Gasteiger partial charge < -0.3 is 15.2 Å². The van der Waals surface area contributed by atoms with E-state index in [9.17, 15) is 13.6 Å². The molecule has 4 nitrogen and oxygen atoms in total. The van der Waals surface area contributed by atoms with E-state index in [1.54, 1.807) is 0 Å². The lowest BCUT2D eigenvalue weighted by atomic mass is 10.1. The van der Waals surface area contributed by atoms with Crippen LogP contribution in [0, 0.1) is 11.6 Å². The maximum atomic E-state index is 13.8. The Morgan fingerprint density at radius 3 is 2.33 bits per heavy atom. The van der Waals surface area contributed by atoms with E-state index in [0.29, 0.717) is 11.4 Å². The molecular formula is C14H10ClF2NO3. The van der Waals surface area contributed by atoms with Crippen LogP contribution in [0.2, 0.25) is 5.02 Å². The van der Waals surface area contributed by atoms with E-state index < -0.39 is 28.9 Å². The zero-order chi connectivity index (χ0) is 15.6. The molecule has 2 aromatic carbocycles. The van der Waals surface area contributed by atoms with Crippen LogP contribution in [0.5, 0.6) is 5.75 Å². The highest BCUT2D eigenvalue weighted by Gasteiger charge is 2.15. The minimum atomic E-state index is -1.41. The molecule has 0 heterocycles. The van der Waals surface area contributed by atoms with Crippen molar-refractivity contribution >= 4 is 28.9 Å². The average Bonchev–Trinajstić information content (AvgIpc) is 2.42. The average molecular weight is 314 g/mol. The highest BCUT2D eigenvalue weighted by atomic mass is 35.5. The minimum absolute atomic E-state index is 0.269. The van der Waals surface area contributed by atoms with Crippen molar-refractivity contribution in [1.82, 2.24) is 0 Å². The van der Waals surface area contributed by atoms with Crippen molar-refractivity contribution in [3.05, 3.63) is 52.6 Å². The molecule has 0 aromatic heterocycles. The molecule has 0 amide bonds. The molecule has 0 atom stereocenters. The lowest BCUT2D eigenvalue weighted by molar-refractivity contribution is 0.0696. The third-order valence-corrected chi connectivity index (χ3v) is 3.01. The van der Waals surface area contributed by atoms with Gasteiger partial charge in [-0.15, -0.1) is 0 Å². The zero-order valence-electron chi connectivity index (χ0n) is 10.8. The number of rotatable bonds is 4. The van der Waals surface area contributed by atoms with Gasteiger partial charge in [0.1, 0.15) is 11.4 Å². The summed E-state index contributed by atoms with van der Waals surface area (Å²) < 4.78 is 32.5. The molecular weight excluding hydrogens is 304 g/mol. The molecule has 2 aromatic rings. The quantitative estimate of drug-likeness (QED) is 0.893. The molecule has 0 unspecified atom stereocenters. The fraction of sp³-hybridized carbons (Fsp3) is 0.0714. The molecule has 0 spiro atoms. The van der Waals surface area contributed by atoms with Gasteiger partial charge in [0.05, 0.1) is 17.7 Å². The van der Waals surface area contributed by atoms with Gasteiger partial charge in [-0.1, -0.05) is 11.6 Å². The van der Waals surface area contributed by atoms with Gasteiger partial charge in [0.15, 0.2) is 11.6 Å². The van der Waals surface area contributed by atoms with Crippen molar-refractivity contribution in [2.75, 3.05) is 12.4 Å². The van der Waals surface area contributed by atoms with Crippen LogP contribution >= 0.6 is 11.6 Å². The number of nitrogens with one attached hydrogen (secondary N) is 1. The van der Waals surface area contributed by atoms with Crippen LogP contribution in [0.3, 0.4) is 0 Å². The molecule has 7 heteroatoms. The molecule has 110 valence electrons. The number of hydrogen-bond donors (Lipinski definition) is 2. The zero-order valence-corrected chi connectivity index (χ0v) is 11.5. The summed E-state index contributed by atoms with van der Waals surface area (Å²) in [6.45, 7) is 0. The van der Waals surface area contributed by atoms with Crippen LogP contribution in [-0.4, -0.2) is 18.2 Å². The molecule has 0 aliphatic rings. The number of anilines is 2. The minimum Gasteiger partial charge on any atom is -0.495 e. The van der Waals surface area contributed by atoms with Crippen molar-refractivity contribution in [2.24, 2.45) is 0 Å². The van der Waals surface area contributed by atoms with Crippen LogP contribution in [-0.2, 0) is 0 Å². The highest BCUT2D eigenvalue weighted by molar-refractivity contribution is 6.32. The number of ether oxygens (including phenoxy) is 1. The number of carbonyl (C=O) groups is 1. The molecule has 0 fully saturated rings. The number of aromatic carboxylic acids is 1. The number of carboxylic acid groups (broad SMARTS) is 1. The van der Waals surface area contributed by atoms with E-state index in [1.807, 2.05) is 0 Å². The Morgan fingerprint density at radius 2 is 1.86 bits per heavy atom. The lowest BCUT2D eigenvalue weighted by Crippen LogP contribution is -2.03. The van der Waals surface area contributed by atoms with Gasteiger partial charge in [-0.3, -0.25) is 0 Å². The molecule has 2 N–H and O–H groups in total. The van der Waals surface area contributed by atoms with Gasteiger partial charge in [-0.05, 0) is 30.3 Å². The van der Waals surface area contributed by atoms with Crippen LogP contribution in [0.25, 0.3) is 0 Å². The highest BCUT2D eigenvalue weighted by Crippen LogP contribution is 2.30. The first-order valence-electron chi connectivity index (χ1n) is 5.75. The molecule has 2 rings (SSSR count). The maximum absolute atomic E-state index is 13.8. The summed E-state index contributed by atoms with van der Waals surface area (Å²) in [4.78, 5) is 10.7. The molecule has 0 bridgehead atoms. The lowest BCUT2D eigenvalue weighted by Gasteiger charge is -2.11. The topological polar surface area (TPSA) is 58.6 Å². The van der Waals surface area contributed by atoms with E-state index in [1.165, 1.54) is 25.3 Å². The number of benzene rings is 2. The third kappa shape index (κ3) is 3.22. The standard InChI is InChI=1S/C14H10ClF2NO3/c1-21-12-3-2-8(6-9(12)15)18-13-10(16)4-7(14(19)20)5-11(13)17/h2-6,18H,1H3,(H,19,20). The van der Waals surface area contributed by atoms with Gasteiger partial charge in [0, 0.05) is 5.69 Å². The SMILES string of the molecule is COc1ccc(Nc2c(F)cc(C(=O)O)cc2F)cc1Cl. The molecule has 0 aliphatic heterocycles. The largest absolute Gasteiger partial charge is 0.495 e. The molecule has 0 radical (unpaired) electrons. The summed E-state index contributed by atoms with van der Waals surface area (Å²) in [6.07, 6.45) is 0. The Bertz CT molecular complexity index is 684. The monoisotopic (exact) mass is 313 g/mol. The second-order valence-corrected chi connectivity index (χ2v) is 4.50. The van der Waals surface area contributed by atoms with E-state index in [-0.39, 0.29) is 5.02 Å².